The van der Waals surface area contributed by atoms with Crippen molar-refractivity contribution < 1.29 is 10.1 Å². The summed E-state index contributed by atoms with van der Waals surface area (Å²) in [6.45, 7) is 3.85. The molecule has 0 aliphatic rings. The highest BCUT2D eigenvalue weighted by Crippen LogP contribution is 2.31. The molecule has 3 heterocycles. The van der Waals surface area contributed by atoms with Gasteiger partial charge in [0.1, 0.15) is 5.69 Å². The third kappa shape index (κ3) is 3.33. The molecule has 4 rings (SSSR count). The lowest BCUT2D eigenvalue weighted by Crippen LogP contribution is -1.98. The normalized spacial score (nSPS) is 12.3. The van der Waals surface area contributed by atoms with Gasteiger partial charge in [-0.2, -0.15) is 0 Å². The molecule has 0 fully saturated rings. The molecular formula is C19H18N4O2S2. The zero-order chi connectivity index (χ0) is 19.0. The Hall–Kier alpha value is -2.71. The smallest absolute Gasteiger partial charge is 0.268 e. The van der Waals surface area contributed by atoms with Crippen LogP contribution in [-0.2, 0) is 10.8 Å². The van der Waals surface area contributed by atoms with E-state index in [9.17, 15) is 4.21 Å². The lowest BCUT2D eigenvalue weighted by atomic mass is 10.1. The molecular weight excluding hydrogens is 380 g/mol. The average molecular weight is 399 g/mol. The fourth-order valence-electron chi connectivity index (χ4n) is 2.71. The summed E-state index contributed by atoms with van der Waals surface area (Å²) in [5.74, 6) is 0.791. The first kappa shape index (κ1) is 17.7. The van der Waals surface area contributed by atoms with Crippen molar-refractivity contribution in [1.82, 2.24) is 20.2 Å². The van der Waals surface area contributed by atoms with Gasteiger partial charge in [0.2, 0.25) is 0 Å². The van der Waals surface area contributed by atoms with Crippen LogP contribution in [0.4, 0.5) is 0 Å². The standard InChI is InChI=1S/C19H16N4O2S2.H2/c1-11-8-9-26-17(11)19-23-22-18(25-19)16-12(2)20-10-14(21-16)13-6-4-5-7-15(13)27(3)24;/h4-10H,1-3H3;1H. The van der Waals surface area contributed by atoms with Crippen molar-refractivity contribution in [3.8, 4) is 33.6 Å². The van der Waals surface area contributed by atoms with Crippen molar-refractivity contribution in [3.63, 3.8) is 0 Å². The van der Waals surface area contributed by atoms with Crippen LogP contribution >= 0.6 is 11.3 Å². The molecule has 0 saturated heterocycles. The first-order valence-corrected chi connectivity index (χ1v) is 10.6. The Morgan fingerprint density at radius 2 is 1.89 bits per heavy atom. The minimum Gasteiger partial charge on any atom is -0.414 e. The molecule has 27 heavy (non-hydrogen) atoms. The van der Waals surface area contributed by atoms with Crippen LogP contribution in [0.25, 0.3) is 33.6 Å². The number of hydrogen-bond donors (Lipinski definition) is 0. The molecule has 0 bridgehead atoms. The second-order valence-corrected chi connectivity index (χ2v) is 8.25. The topological polar surface area (TPSA) is 81.8 Å². The van der Waals surface area contributed by atoms with Crippen LogP contribution in [0.5, 0.6) is 0 Å². The number of thiophene rings is 1. The van der Waals surface area contributed by atoms with E-state index in [1.54, 1.807) is 23.8 Å². The van der Waals surface area contributed by atoms with Crippen molar-refractivity contribution in [3.05, 3.63) is 53.2 Å². The molecule has 0 amide bonds. The van der Waals surface area contributed by atoms with Crippen LogP contribution in [0.3, 0.4) is 0 Å². The summed E-state index contributed by atoms with van der Waals surface area (Å²) in [4.78, 5) is 10.8. The van der Waals surface area contributed by atoms with E-state index in [0.717, 1.165) is 16.0 Å². The Morgan fingerprint density at radius 3 is 2.63 bits per heavy atom. The second kappa shape index (κ2) is 7.13. The van der Waals surface area contributed by atoms with Gasteiger partial charge in [-0.3, -0.25) is 9.19 Å². The molecule has 4 aromatic rings. The van der Waals surface area contributed by atoms with Gasteiger partial charge in [-0.05, 0) is 36.9 Å². The van der Waals surface area contributed by atoms with Gasteiger partial charge in [-0.1, -0.05) is 18.2 Å². The highest BCUT2D eigenvalue weighted by Gasteiger charge is 2.18. The predicted octanol–water partition coefficient (Wildman–Crippen LogP) is 4.52. The molecule has 1 aromatic carbocycles. The van der Waals surface area contributed by atoms with Crippen LogP contribution in [-0.4, -0.2) is 30.6 Å². The second-order valence-electron chi connectivity index (χ2n) is 5.98. The van der Waals surface area contributed by atoms with Crippen molar-refractivity contribution in [2.24, 2.45) is 0 Å². The summed E-state index contributed by atoms with van der Waals surface area (Å²) in [7, 11) is -1.13. The minimum absolute atomic E-state index is 0. The fraction of sp³-hybridized carbons (Fsp3) is 0.158. The van der Waals surface area contributed by atoms with Crippen LogP contribution in [0.1, 0.15) is 12.7 Å². The average Bonchev–Trinajstić information content (AvgIpc) is 3.31. The molecule has 8 heteroatoms. The van der Waals surface area contributed by atoms with Gasteiger partial charge in [0.25, 0.3) is 11.8 Å². The number of nitrogens with zero attached hydrogens (tertiary/aromatic N) is 4. The Bertz CT molecular complexity index is 1160. The Kier molecular flexibility index (Phi) is 4.67. The van der Waals surface area contributed by atoms with Gasteiger partial charge in [0, 0.05) is 18.1 Å². The van der Waals surface area contributed by atoms with E-state index < -0.39 is 10.8 Å². The van der Waals surface area contributed by atoms with Crippen LogP contribution in [0.15, 0.2) is 51.2 Å². The van der Waals surface area contributed by atoms with Gasteiger partial charge in [-0.15, -0.1) is 21.5 Å². The van der Waals surface area contributed by atoms with Gasteiger partial charge in [0.05, 0.1) is 33.3 Å². The van der Waals surface area contributed by atoms with Crippen molar-refractivity contribution in [1.29, 1.82) is 0 Å². The van der Waals surface area contributed by atoms with E-state index in [2.05, 4.69) is 20.2 Å². The summed E-state index contributed by atoms with van der Waals surface area (Å²) < 4.78 is 17.9. The molecule has 0 N–H and O–H groups in total. The van der Waals surface area contributed by atoms with Gasteiger partial charge in [0.15, 0.2) is 0 Å². The molecule has 6 nitrogen and oxygen atoms in total. The van der Waals surface area contributed by atoms with Crippen LogP contribution < -0.4 is 0 Å². The van der Waals surface area contributed by atoms with Gasteiger partial charge in [-0.25, -0.2) is 4.98 Å². The molecule has 0 radical (unpaired) electrons. The summed E-state index contributed by atoms with van der Waals surface area (Å²) in [5.41, 5.74) is 3.70. The first-order valence-electron chi connectivity index (χ1n) is 8.19. The Morgan fingerprint density at radius 1 is 1.11 bits per heavy atom. The lowest BCUT2D eigenvalue weighted by molar-refractivity contribution is 0.582. The van der Waals surface area contributed by atoms with E-state index in [1.165, 1.54) is 0 Å². The highest BCUT2D eigenvalue weighted by atomic mass is 32.2. The van der Waals surface area contributed by atoms with Crippen molar-refractivity contribution in [2.75, 3.05) is 6.26 Å². The van der Waals surface area contributed by atoms with E-state index in [-0.39, 0.29) is 1.43 Å². The van der Waals surface area contributed by atoms with E-state index in [4.69, 9.17) is 4.42 Å². The largest absolute Gasteiger partial charge is 0.414 e. The fourth-order valence-corrected chi connectivity index (χ4v) is 4.31. The maximum Gasteiger partial charge on any atom is 0.268 e. The summed E-state index contributed by atoms with van der Waals surface area (Å²) in [6.07, 6.45) is 3.32. The molecule has 138 valence electrons. The SMILES string of the molecule is Cc1ccsc1-c1nnc(-c2nc(-c3ccccc3S(C)=O)cnc2C)o1.[HH]. The monoisotopic (exact) mass is 398 g/mol. The summed E-state index contributed by atoms with van der Waals surface area (Å²) in [6, 6.07) is 9.47. The number of aromatic nitrogens is 4. The maximum absolute atomic E-state index is 12.1. The number of hydrogen-bond acceptors (Lipinski definition) is 7. The van der Waals surface area contributed by atoms with Crippen LogP contribution in [0, 0.1) is 13.8 Å². The first-order chi connectivity index (χ1) is 13.0. The molecule has 0 saturated carbocycles. The Balaban J connectivity index is 0.00000225. The number of rotatable bonds is 4. The lowest BCUT2D eigenvalue weighted by Gasteiger charge is -2.08. The Labute approximate surface area is 164 Å². The zero-order valence-corrected chi connectivity index (χ0v) is 16.6. The summed E-state index contributed by atoms with van der Waals surface area (Å²) in [5, 5.41) is 10.3. The minimum atomic E-state index is -1.13. The van der Waals surface area contributed by atoms with E-state index in [0.29, 0.717) is 33.8 Å². The highest BCUT2D eigenvalue weighted by molar-refractivity contribution is 7.84. The molecule has 3 aromatic heterocycles. The van der Waals surface area contributed by atoms with Crippen molar-refractivity contribution in [2.45, 2.75) is 18.7 Å². The molecule has 0 spiro atoms. The third-order valence-electron chi connectivity index (χ3n) is 4.11. The maximum atomic E-state index is 12.1. The predicted molar refractivity (Wildman–Crippen MR) is 108 cm³/mol. The molecule has 0 aliphatic carbocycles. The molecule has 1 atom stereocenters. The summed E-state index contributed by atoms with van der Waals surface area (Å²) >= 11 is 1.55. The van der Waals surface area contributed by atoms with Crippen LogP contribution in [0.2, 0.25) is 0 Å². The van der Waals surface area contributed by atoms with E-state index in [1.807, 2.05) is 49.6 Å². The zero-order valence-electron chi connectivity index (χ0n) is 15.0. The van der Waals surface area contributed by atoms with E-state index >= 15 is 0 Å². The van der Waals surface area contributed by atoms with Gasteiger partial charge >= 0.3 is 0 Å². The third-order valence-corrected chi connectivity index (χ3v) is 6.09. The quantitative estimate of drug-likeness (QED) is 0.503. The van der Waals surface area contributed by atoms with Crippen molar-refractivity contribution >= 4 is 22.1 Å². The molecule has 0 aliphatic heterocycles. The number of aryl methyl sites for hydroxylation is 2. The number of benzene rings is 1. The van der Waals surface area contributed by atoms with Gasteiger partial charge < -0.3 is 4.42 Å². The molecule has 1 unspecified atom stereocenters.